The molecule has 0 unspecified atom stereocenters. The molecule has 0 aromatic heterocycles. The van der Waals surface area contributed by atoms with Crippen molar-refractivity contribution in [2.75, 3.05) is 6.54 Å². The highest BCUT2D eigenvalue weighted by Crippen LogP contribution is 2.49. The van der Waals surface area contributed by atoms with Crippen LogP contribution in [0.4, 0.5) is 0 Å². The van der Waals surface area contributed by atoms with Gasteiger partial charge in [-0.15, -0.1) is 0 Å². The molecule has 1 amide bonds. The lowest BCUT2D eigenvalue weighted by atomic mass is 9.86. The molecule has 2 bridgehead atoms. The van der Waals surface area contributed by atoms with Crippen LogP contribution in [0, 0.1) is 23.7 Å². The van der Waals surface area contributed by atoms with Gasteiger partial charge in [-0.1, -0.05) is 6.42 Å². The Hall–Kier alpha value is -0.530. The van der Waals surface area contributed by atoms with E-state index < -0.39 is 0 Å². The van der Waals surface area contributed by atoms with Crippen molar-refractivity contribution in [3.63, 3.8) is 0 Å². The average molecular weight is 207 g/mol. The quantitative estimate of drug-likeness (QED) is 0.753. The fourth-order valence-corrected chi connectivity index (χ4v) is 3.52. The van der Waals surface area contributed by atoms with E-state index in [-0.39, 0.29) is 0 Å². The largest absolute Gasteiger partial charge is 0.356 e. The molecule has 3 fully saturated rings. The zero-order valence-electron chi connectivity index (χ0n) is 9.37. The Morgan fingerprint density at radius 2 is 2.00 bits per heavy atom. The maximum atomic E-state index is 11.7. The van der Waals surface area contributed by atoms with Gasteiger partial charge in [-0.05, 0) is 55.8 Å². The summed E-state index contributed by atoms with van der Waals surface area (Å²) in [5, 5.41) is 3.09. The van der Waals surface area contributed by atoms with E-state index in [0.29, 0.717) is 5.91 Å². The summed E-state index contributed by atoms with van der Waals surface area (Å²) < 4.78 is 0. The van der Waals surface area contributed by atoms with Gasteiger partial charge < -0.3 is 5.32 Å². The van der Waals surface area contributed by atoms with Gasteiger partial charge in [0.2, 0.25) is 5.91 Å². The Bertz CT molecular complexity index is 259. The van der Waals surface area contributed by atoms with Gasteiger partial charge in [-0.25, -0.2) is 0 Å². The highest BCUT2D eigenvalue weighted by atomic mass is 16.1. The number of amides is 1. The molecule has 3 saturated carbocycles. The van der Waals surface area contributed by atoms with E-state index in [9.17, 15) is 4.79 Å². The number of hydrogen-bond acceptors (Lipinski definition) is 1. The minimum absolute atomic E-state index is 0.319. The third-order valence-electron chi connectivity index (χ3n) is 4.62. The van der Waals surface area contributed by atoms with Gasteiger partial charge >= 0.3 is 0 Å². The topological polar surface area (TPSA) is 29.1 Å². The standard InChI is InChI=1S/C13H21NO/c15-13(14-8-9-1-2-9)7-12-6-10-3-4-11(12)5-10/h9-12H,1-8H2,(H,14,15)/t10-,11-,12-/m1/s1. The van der Waals surface area contributed by atoms with Crippen molar-refractivity contribution in [2.24, 2.45) is 23.7 Å². The molecule has 0 spiro atoms. The fourth-order valence-electron chi connectivity index (χ4n) is 3.52. The molecule has 84 valence electrons. The maximum absolute atomic E-state index is 11.7. The number of carbonyl (C=O) groups is 1. The van der Waals surface area contributed by atoms with Crippen molar-refractivity contribution >= 4 is 5.91 Å². The summed E-state index contributed by atoms with van der Waals surface area (Å²) in [5.41, 5.74) is 0. The first-order chi connectivity index (χ1) is 7.31. The highest BCUT2D eigenvalue weighted by Gasteiger charge is 2.40. The van der Waals surface area contributed by atoms with E-state index in [1.807, 2.05) is 0 Å². The zero-order chi connectivity index (χ0) is 10.3. The number of fused-ring (bicyclic) bond motifs is 2. The summed E-state index contributed by atoms with van der Waals surface area (Å²) in [6.45, 7) is 0.944. The number of nitrogens with one attached hydrogen (secondary N) is 1. The van der Waals surface area contributed by atoms with E-state index in [1.165, 1.54) is 38.5 Å². The van der Waals surface area contributed by atoms with Crippen molar-refractivity contribution < 1.29 is 4.79 Å². The summed E-state index contributed by atoms with van der Waals surface area (Å²) in [4.78, 5) is 11.7. The maximum Gasteiger partial charge on any atom is 0.220 e. The molecule has 2 heteroatoms. The van der Waals surface area contributed by atoms with Crippen molar-refractivity contribution in [1.29, 1.82) is 0 Å². The number of hydrogen-bond donors (Lipinski definition) is 1. The second-order valence-corrected chi connectivity index (χ2v) is 5.89. The fraction of sp³-hybridized carbons (Fsp3) is 0.923. The molecular formula is C13H21NO. The summed E-state index contributed by atoms with van der Waals surface area (Å²) in [6.07, 6.45) is 9.05. The Morgan fingerprint density at radius 1 is 1.13 bits per heavy atom. The number of rotatable bonds is 4. The normalized spacial score (nSPS) is 38.3. The molecule has 3 atom stereocenters. The van der Waals surface area contributed by atoms with Crippen LogP contribution in [-0.4, -0.2) is 12.5 Å². The molecule has 0 aliphatic heterocycles. The van der Waals surface area contributed by atoms with Crippen LogP contribution in [0.1, 0.15) is 44.9 Å². The van der Waals surface area contributed by atoms with Crippen LogP contribution in [0.25, 0.3) is 0 Å². The van der Waals surface area contributed by atoms with Gasteiger partial charge in [0.25, 0.3) is 0 Å². The summed E-state index contributed by atoms with van der Waals surface area (Å²) >= 11 is 0. The third-order valence-corrected chi connectivity index (χ3v) is 4.62. The second-order valence-electron chi connectivity index (χ2n) is 5.89. The van der Waals surface area contributed by atoms with Crippen LogP contribution < -0.4 is 5.32 Å². The van der Waals surface area contributed by atoms with E-state index in [4.69, 9.17) is 0 Å². The van der Waals surface area contributed by atoms with Gasteiger partial charge in [0.1, 0.15) is 0 Å². The Labute approximate surface area is 91.8 Å². The minimum Gasteiger partial charge on any atom is -0.356 e. The van der Waals surface area contributed by atoms with E-state index in [0.717, 1.165) is 36.6 Å². The molecule has 0 radical (unpaired) electrons. The van der Waals surface area contributed by atoms with Gasteiger partial charge in [0.15, 0.2) is 0 Å². The van der Waals surface area contributed by atoms with Crippen LogP contribution in [-0.2, 0) is 4.79 Å². The molecule has 3 rings (SSSR count). The van der Waals surface area contributed by atoms with Crippen LogP contribution in [0.15, 0.2) is 0 Å². The van der Waals surface area contributed by atoms with Gasteiger partial charge in [0.05, 0.1) is 0 Å². The molecule has 0 aromatic rings. The lowest BCUT2D eigenvalue weighted by molar-refractivity contribution is -0.122. The first-order valence-electron chi connectivity index (χ1n) is 6.58. The molecule has 3 aliphatic rings. The molecular weight excluding hydrogens is 186 g/mol. The lowest BCUT2D eigenvalue weighted by Crippen LogP contribution is -2.28. The molecule has 0 heterocycles. The third kappa shape index (κ3) is 2.19. The predicted molar refractivity (Wildman–Crippen MR) is 59.3 cm³/mol. The summed E-state index contributed by atoms with van der Waals surface area (Å²) in [5.74, 6) is 3.72. The van der Waals surface area contributed by atoms with Crippen molar-refractivity contribution in [3.8, 4) is 0 Å². The summed E-state index contributed by atoms with van der Waals surface area (Å²) in [7, 11) is 0. The van der Waals surface area contributed by atoms with E-state index in [1.54, 1.807) is 0 Å². The average Bonchev–Trinajstić information content (AvgIpc) is 2.84. The predicted octanol–water partition coefficient (Wildman–Crippen LogP) is 2.34. The van der Waals surface area contributed by atoms with Gasteiger partial charge in [-0.3, -0.25) is 4.79 Å². The number of carbonyl (C=O) groups excluding carboxylic acids is 1. The Balaban J connectivity index is 1.42. The van der Waals surface area contributed by atoms with Crippen molar-refractivity contribution in [3.05, 3.63) is 0 Å². The van der Waals surface area contributed by atoms with Crippen LogP contribution in [0.2, 0.25) is 0 Å². The zero-order valence-corrected chi connectivity index (χ0v) is 9.37. The van der Waals surface area contributed by atoms with E-state index >= 15 is 0 Å². The lowest BCUT2D eigenvalue weighted by Gasteiger charge is -2.20. The molecule has 1 N–H and O–H groups in total. The SMILES string of the molecule is O=C(C[C@H]1C[C@@H]2CC[C@@H]1C2)NCC1CC1. The van der Waals surface area contributed by atoms with Gasteiger partial charge in [-0.2, -0.15) is 0 Å². The molecule has 15 heavy (non-hydrogen) atoms. The molecule has 0 saturated heterocycles. The smallest absolute Gasteiger partial charge is 0.220 e. The molecule has 0 aromatic carbocycles. The molecule has 2 nitrogen and oxygen atoms in total. The van der Waals surface area contributed by atoms with Crippen LogP contribution >= 0.6 is 0 Å². The monoisotopic (exact) mass is 207 g/mol. The Morgan fingerprint density at radius 3 is 2.60 bits per heavy atom. The minimum atomic E-state index is 0.319. The van der Waals surface area contributed by atoms with Gasteiger partial charge in [0, 0.05) is 13.0 Å². The Kier molecular flexibility index (Phi) is 2.45. The second kappa shape index (κ2) is 3.80. The highest BCUT2D eigenvalue weighted by molar-refractivity contribution is 5.76. The van der Waals surface area contributed by atoms with Crippen molar-refractivity contribution in [2.45, 2.75) is 44.9 Å². The summed E-state index contributed by atoms with van der Waals surface area (Å²) in [6, 6.07) is 0. The van der Waals surface area contributed by atoms with Crippen molar-refractivity contribution in [1.82, 2.24) is 5.32 Å². The molecule has 3 aliphatic carbocycles. The van der Waals surface area contributed by atoms with Crippen LogP contribution in [0.5, 0.6) is 0 Å². The van der Waals surface area contributed by atoms with Crippen LogP contribution in [0.3, 0.4) is 0 Å². The first kappa shape index (κ1) is 9.68. The first-order valence-corrected chi connectivity index (χ1v) is 6.58. The van der Waals surface area contributed by atoms with E-state index in [2.05, 4.69) is 5.32 Å².